The molecular formula is C27H29F3N2O7. The van der Waals surface area contributed by atoms with Gasteiger partial charge in [-0.15, -0.1) is 0 Å². The highest BCUT2D eigenvalue weighted by atomic mass is 19.4. The predicted molar refractivity (Wildman–Crippen MR) is 132 cm³/mol. The van der Waals surface area contributed by atoms with Crippen LogP contribution < -0.4 is 14.8 Å². The molecule has 210 valence electrons. The van der Waals surface area contributed by atoms with Crippen molar-refractivity contribution in [3.8, 4) is 11.5 Å². The lowest BCUT2D eigenvalue weighted by Gasteiger charge is -2.41. The van der Waals surface area contributed by atoms with E-state index in [0.717, 1.165) is 6.08 Å². The molecule has 0 fully saturated rings. The van der Waals surface area contributed by atoms with Gasteiger partial charge in [0.25, 0.3) is 0 Å². The highest BCUT2D eigenvalue weighted by Gasteiger charge is 2.52. The van der Waals surface area contributed by atoms with Crippen molar-refractivity contribution in [3.63, 3.8) is 0 Å². The smallest absolute Gasteiger partial charge is 0.406 e. The Kier molecular flexibility index (Phi) is 8.48. The first-order valence-corrected chi connectivity index (χ1v) is 12.2. The molecule has 0 saturated carbocycles. The zero-order valence-corrected chi connectivity index (χ0v) is 21.0. The molecule has 1 heterocycles. The number of halogens is 3. The minimum absolute atomic E-state index is 0.0423. The van der Waals surface area contributed by atoms with Crippen LogP contribution in [-0.4, -0.2) is 83.3 Å². The van der Waals surface area contributed by atoms with Crippen molar-refractivity contribution in [2.75, 3.05) is 26.8 Å². The monoisotopic (exact) mass is 550 g/mol. The van der Waals surface area contributed by atoms with Crippen molar-refractivity contribution in [2.45, 2.75) is 43.4 Å². The molecule has 4 rings (SSSR count). The Morgan fingerprint density at radius 3 is 2.46 bits per heavy atom. The summed E-state index contributed by atoms with van der Waals surface area (Å²) in [6, 6.07) is 9.72. The number of ether oxygens (including phenoxy) is 2. The van der Waals surface area contributed by atoms with E-state index in [1.54, 1.807) is 36.4 Å². The number of fused-ring (bicyclic) bond motifs is 3. The maximum Gasteiger partial charge on any atom is 0.406 e. The number of amides is 2. The summed E-state index contributed by atoms with van der Waals surface area (Å²) < 4.78 is 52.5. The average Bonchev–Trinajstić information content (AvgIpc) is 3.30. The van der Waals surface area contributed by atoms with Crippen LogP contribution in [0.15, 0.2) is 54.1 Å². The third kappa shape index (κ3) is 6.02. The normalized spacial score (nSPS) is 21.8. The number of carbonyl (C=O) groups is 2. The van der Waals surface area contributed by atoms with E-state index >= 15 is 0 Å². The summed E-state index contributed by atoms with van der Waals surface area (Å²) in [5.74, 6) is -2.17. The molecule has 2 aromatic carbocycles. The lowest BCUT2D eigenvalue weighted by Crippen LogP contribution is -2.57. The number of rotatable bonds is 9. The van der Waals surface area contributed by atoms with Crippen molar-refractivity contribution in [3.05, 3.63) is 70.8 Å². The van der Waals surface area contributed by atoms with Gasteiger partial charge in [0.2, 0.25) is 11.8 Å². The van der Waals surface area contributed by atoms with Gasteiger partial charge in [0.1, 0.15) is 18.8 Å². The number of methoxy groups -OCH3 is 1. The predicted octanol–water partition coefficient (Wildman–Crippen LogP) is 1.44. The summed E-state index contributed by atoms with van der Waals surface area (Å²) in [5, 5.41) is 32.8. The number of nitrogens with one attached hydrogen (secondary N) is 1. The van der Waals surface area contributed by atoms with E-state index in [-0.39, 0.29) is 43.3 Å². The van der Waals surface area contributed by atoms with Crippen LogP contribution in [0, 0.1) is 0 Å². The van der Waals surface area contributed by atoms with Gasteiger partial charge in [-0.25, -0.2) is 0 Å². The van der Waals surface area contributed by atoms with E-state index in [1.165, 1.54) is 13.2 Å². The SMILES string of the molecule is COc1cc(CO)cc2c1OC1C2C(C(=O)NCCO)=CC(N(CC(F)(F)F)C(=O)Cc2ccccc2)C1O. The molecule has 2 aliphatic rings. The standard InChI is InChI=1S/C27H29F3N2O7/c1-38-20-10-16(13-34)9-17-22-18(26(37)31-7-8-33)12-19(23(36)25(22)39-24(17)20)32(14-27(28,29)30)21(35)11-15-5-3-2-4-6-15/h2-6,9-10,12,19,22-23,25,33-34,36H,7-8,11,13-14H2,1H3,(H,31,37). The molecule has 1 aliphatic heterocycles. The molecule has 4 unspecified atom stereocenters. The highest BCUT2D eigenvalue weighted by molar-refractivity contribution is 5.96. The number of hydrogen-bond acceptors (Lipinski definition) is 7. The maximum atomic E-state index is 13.7. The third-order valence-corrected chi connectivity index (χ3v) is 6.72. The van der Waals surface area contributed by atoms with Gasteiger partial charge >= 0.3 is 6.18 Å². The molecule has 2 amide bonds. The largest absolute Gasteiger partial charge is 0.493 e. The van der Waals surface area contributed by atoms with Gasteiger partial charge in [0, 0.05) is 17.7 Å². The molecule has 4 atom stereocenters. The molecule has 0 aromatic heterocycles. The summed E-state index contributed by atoms with van der Waals surface area (Å²) in [6.45, 7) is -2.54. The van der Waals surface area contributed by atoms with Crippen LogP contribution in [0.25, 0.3) is 0 Å². The lowest BCUT2D eigenvalue weighted by molar-refractivity contribution is -0.169. The molecule has 9 nitrogen and oxygen atoms in total. The van der Waals surface area contributed by atoms with Crippen molar-refractivity contribution in [2.24, 2.45) is 0 Å². The Morgan fingerprint density at radius 2 is 1.85 bits per heavy atom. The van der Waals surface area contributed by atoms with Crippen LogP contribution in [0.2, 0.25) is 0 Å². The zero-order chi connectivity index (χ0) is 28.3. The lowest BCUT2D eigenvalue weighted by atomic mass is 9.77. The summed E-state index contributed by atoms with van der Waals surface area (Å²) >= 11 is 0. The number of aliphatic hydroxyl groups excluding tert-OH is 3. The second-order valence-electron chi connectivity index (χ2n) is 9.32. The van der Waals surface area contributed by atoms with E-state index in [1.807, 2.05) is 0 Å². The Labute approximate surface area is 222 Å². The summed E-state index contributed by atoms with van der Waals surface area (Å²) in [4.78, 5) is 27.0. The fourth-order valence-electron chi connectivity index (χ4n) is 5.04. The topological polar surface area (TPSA) is 129 Å². The highest BCUT2D eigenvalue weighted by Crippen LogP contribution is 2.51. The minimum Gasteiger partial charge on any atom is -0.493 e. The quantitative estimate of drug-likeness (QED) is 0.372. The average molecular weight is 551 g/mol. The number of hydrogen-bond donors (Lipinski definition) is 4. The number of benzene rings is 2. The van der Waals surface area contributed by atoms with Crippen LogP contribution in [-0.2, 0) is 22.6 Å². The van der Waals surface area contributed by atoms with E-state index in [0.29, 0.717) is 21.6 Å². The zero-order valence-electron chi connectivity index (χ0n) is 21.0. The van der Waals surface area contributed by atoms with Gasteiger partial charge in [-0.3, -0.25) is 9.59 Å². The first kappa shape index (κ1) is 28.4. The second kappa shape index (κ2) is 11.6. The Morgan fingerprint density at radius 1 is 1.13 bits per heavy atom. The molecule has 0 spiro atoms. The fraction of sp³-hybridized carbons (Fsp3) is 0.407. The van der Waals surface area contributed by atoms with Crippen molar-refractivity contribution < 1.29 is 47.6 Å². The minimum atomic E-state index is -4.80. The summed E-state index contributed by atoms with van der Waals surface area (Å²) in [6.07, 6.45) is -6.89. The molecule has 0 bridgehead atoms. The first-order valence-electron chi connectivity index (χ1n) is 12.2. The summed E-state index contributed by atoms with van der Waals surface area (Å²) in [7, 11) is 1.36. The Balaban J connectivity index is 1.80. The van der Waals surface area contributed by atoms with Gasteiger partial charge in [-0.05, 0) is 29.3 Å². The number of aliphatic hydroxyl groups is 3. The first-order chi connectivity index (χ1) is 18.6. The van der Waals surface area contributed by atoms with Crippen LogP contribution in [0.1, 0.15) is 22.6 Å². The van der Waals surface area contributed by atoms with Crippen LogP contribution in [0.4, 0.5) is 13.2 Å². The van der Waals surface area contributed by atoms with Crippen LogP contribution >= 0.6 is 0 Å². The number of nitrogens with zero attached hydrogens (tertiary/aromatic N) is 1. The van der Waals surface area contributed by atoms with Gasteiger partial charge in [0.05, 0.1) is 38.7 Å². The van der Waals surface area contributed by atoms with Gasteiger partial charge in [-0.1, -0.05) is 30.3 Å². The fourth-order valence-corrected chi connectivity index (χ4v) is 5.04. The van der Waals surface area contributed by atoms with Gasteiger partial charge in [0.15, 0.2) is 11.5 Å². The molecule has 39 heavy (non-hydrogen) atoms. The number of alkyl halides is 3. The summed E-state index contributed by atoms with van der Waals surface area (Å²) in [5.41, 5.74) is 1.26. The van der Waals surface area contributed by atoms with Crippen LogP contribution in [0.5, 0.6) is 11.5 Å². The molecule has 2 aromatic rings. The van der Waals surface area contributed by atoms with Crippen molar-refractivity contribution >= 4 is 11.8 Å². The van der Waals surface area contributed by atoms with Crippen LogP contribution in [0.3, 0.4) is 0 Å². The second-order valence-corrected chi connectivity index (χ2v) is 9.32. The molecule has 0 radical (unpaired) electrons. The maximum absolute atomic E-state index is 13.7. The van der Waals surface area contributed by atoms with E-state index in [4.69, 9.17) is 9.47 Å². The molecule has 0 saturated heterocycles. The molecule has 1 aliphatic carbocycles. The Bertz CT molecular complexity index is 1240. The van der Waals surface area contributed by atoms with Crippen molar-refractivity contribution in [1.82, 2.24) is 10.2 Å². The molecule has 4 N–H and O–H groups in total. The molecule has 12 heteroatoms. The third-order valence-electron chi connectivity index (χ3n) is 6.72. The Hall–Kier alpha value is -3.61. The van der Waals surface area contributed by atoms with Gasteiger partial charge < -0.3 is 35.0 Å². The van der Waals surface area contributed by atoms with E-state index in [9.17, 15) is 38.1 Å². The van der Waals surface area contributed by atoms with E-state index < -0.39 is 48.7 Å². The molecular weight excluding hydrogens is 521 g/mol. The van der Waals surface area contributed by atoms with E-state index in [2.05, 4.69) is 5.32 Å². The number of carbonyl (C=O) groups excluding carboxylic acids is 2. The van der Waals surface area contributed by atoms with Gasteiger partial charge in [-0.2, -0.15) is 13.2 Å². The van der Waals surface area contributed by atoms with Crippen molar-refractivity contribution in [1.29, 1.82) is 0 Å².